The Morgan fingerprint density at radius 3 is 2.56 bits per heavy atom. The van der Waals surface area contributed by atoms with Crippen molar-refractivity contribution in [2.75, 3.05) is 42.3 Å². The molecule has 2 aliphatic heterocycles. The molecule has 2 aromatic heterocycles. The average molecular weight is 430 g/mol. The Labute approximate surface area is 187 Å². The monoisotopic (exact) mass is 429 g/mol. The molecule has 1 aromatic carbocycles. The van der Waals surface area contributed by atoms with Crippen LogP contribution in [0.5, 0.6) is 0 Å². The second kappa shape index (κ2) is 8.15. The number of nitrogens with one attached hydrogen (secondary N) is 1. The minimum Gasteiger partial charge on any atom is -0.378 e. The molecule has 7 nitrogen and oxygen atoms in total. The number of carbonyl (C=O) groups is 1. The number of carbonyl (C=O) groups excluding carboxylic acids is 1. The Morgan fingerprint density at radius 1 is 1.03 bits per heavy atom. The van der Waals surface area contributed by atoms with Gasteiger partial charge in [-0.25, -0.2) is 4.98 Å². The fourth-order valence-corrected chi connectivity index (χ4v) is 4.84. The van der Waals surface area contributed by atoms with Crippen molar-refractivity contribution >= 4 is 23.1 Å². The van der Waals surface area contributed by atoms with Crippen molar-refractivity contribution in [2.45, 2.75) is 18.9 Å². The minimum absolute atomic E-state index is 0.0974. The first-order valence-corrected chi connectivity index (χ1v) is 11.0. The average Bonchev–Trinajstić information content (AvgIpc) is 2.80. The van der Waals surface area contributed by atoms with Gasteiger partial charge in [-0.1, -0.05) is 6.07 Å². The molecular formula is C25H27N5O2. The minimum atomic E-state index is -0.153. The van der Waals surface area contributed by atoms with E-state index in [1.54, 1.807) is 12.3 Å². The summed E-state index contributed by atoms with van der Waals surface area (Å²) >= 11 is 0. The summed E-state index contributed by atoms with van der Waals surface area (Å²) in [5, 5.41) is 2.92. The van der Waals surface area contributed by atoms with Crippen molar-refractivity contribution < 1.29 is 4.79 Å². The summed E-state index contributed by atoms with van der Waals surface area (Å²) in [5.74, 6) is 1.52. The van der Waals surface area contributed by atoms with Gasteiger partial charge in [-0.2, -0.15) is 0 Å². The molecule has 7 heteroatoms. The Bertz CT molecular complexity index is 1180. The molecule has 1 N–H and O–H groups in total. The van der Waals surface area contributed by atoms with E-state index in [-0.39, 0.29) is 11.5 Å². The predicted octanol–water partition coefficient (Wildman–Crippen LogP) is 3.19. The number of amides is 1. The number of aromatic nitrogens is 2. The zero-order valence-electron chi connectivity index (χ0n) is 18.4. The Hall–Kier alpha value is -3.61. The third-order valence-corrected chi connectivity index (χ3v) is 6.46. The van der Waals surface area contributed by atoms with Crippen LogP contribution in [0.15, 0.2) is 65.6 Å². The summed E-state index contributed by atoms with van der Waals surface area (Å²) in [5.41, 5.74) is 3.55. The van der Waals surface area contributed by atoms with Crippen LogP contribution in [0.3, 0.4) is 0 Å². The molecule has 1 saturated heterocycles. The lowest BCUT2D eigenvalue weighted by Gasteiger charge is -2.43. The second-order valence-electron chi connectivity index (χ2n) is 8.90. The van der Waals surface area contributed by atoms with Crippen LogP contribution in [0.25, 0.3) is 0 Å². The molecule has 3 aromatic rings. The highest BCUT2D eigenvalue weighted by Crippen LogP contribution is 2.36. The summed E-state index contributed by atoms with van der Waals surface area (Å²) in [6.07, 6.45) is 2.82. The lowest BCUT2D eigenvalue weighted by Crippen LogP contribution is -2.47. The molecule has 2 aliphatic rings. The fraction of sp³-hybridized carbons (Fsp3) is 0.320. The van der Waals surface area contributed by atoms with Gasteiger partial charge in [-0.15, -0.1) is 0 Å². The molecule has 0 saturated carbocycles. The van der Waals surface area contributed by atoms with Gasteiger partial charge in [-0.05, 0) is 54.8 Å². The molecule has 2 atom stereocenters. The van der Waals surface area contributed by atoms with Crippen LogP contribution in [0.4, 0.5) is 17.2 Å². The molecule has 0 spiro atoms. The van der Waals surface area contributed by atoms with Crippen LogP contribution in [-0.4, -0.2) is 42.6 Å². The smallest absolute Gasteiger partial charge is 0.255 e. The summed E-state index contributed by atoms with van der Waals surface area (Å²) in [7, 11) is 3.94. The van der Waals surface area contributed by atoms with E-state index in [1.165, 1.54) is 0 Å². The number of pyridine rings is 2. The number of anilines is 3. The molecule has 5 rings (SSSR count). The van der Waals surface area contributed by atoms with E-state index in [2.05, 4.69) is 21.3 Å². The number of hydrogen-bond acceptors (Lipinski definition) is 5. The zero-order chi connectivity index (χ0) is 22.2. The van der Waals surface area contributed by atoms with Gasteiger partial charge in [0.15, 0.2) is 0 Å². The molecular weight excluding hydrogens is 402 g/mol. The predicted molar refractivity (Wildman–Crippen MR) is 127 cm³/mol. The highest BCUT2D eigenvalue weighted by atomic mass is 16.1. The van der Waals surface area contributed by atoms with E-state index in [4.69, 9.17) is 0 Å². The lowest BCUT2D eigenvalue weighted by atomic mass is 9.83. The third kappa shape index (κ3) is 3.86. The van der Waals surface area contributed by atoms with Crippen molar-refractivity contribution in [1.82, 2.24) is 9.55 Å². The first-order chi connectivity index (χ1) is 15.5. The van der Waals surface area contributed by atoms with E-state index >= 15 is 0 Å². The van der Waals surface area contributed by atoms with Gasteiger partial charge in [-0.3, -0.25) is 9.59 Å². The third-order valence-electron chi connectivity index (χ3n) is 6.46. The summed E-state index contributed by atoms with van der Waals surface area (Å²) in [4.78, 5) is 33.7. The van der Waals surface area contributed by atoms with Crippen molar-refractivity contribution in [3.05, 3.63) is 82.4 Å². The fourth-order valence-electron chi connectivity index (χ4n) is 4.84. The van der Waals surface area contributed by atoms with Crippen molar-refractivity contribution in [2.24, 2.45) is 5.92 Å². The molecule has 164 valence electrons. The van der Waals surface area contributed by atoms with Gasteiger partial charge < -0.3 is 19.7 Å². The number of hydrogen-bond donors (Lipinski definition) is 1. The molecule has 4 heterocycles. The molecule has 0 radical (unpaired) electrons. The number of fused-ring (bicyclic) bond motifs is 4. The van der Waals surface area contributed by atoms with Gasteiger partial charge >= 0.3 is 0 Å². The summed E-state index contributed by atoms with van der Waals surface area (Å²) in [6.45, 7) is 2.49. The van der Waals surface area contributed by atoms with Crippen LogP contribution >= 0.6 is 0 Å². The maximum Gasteiger partial charge on any atom is 0.255 e. The second-order valence-corrected chi connectivity index (χ2v) is 8.90. The van der Waals surface area contributed by atoms with E-state index in [9.17, 15) is 9.59 Å². The Kier molecular flexibility index (Phi) is 5.17. The number of rotatable bonds is 4. The molecule has 2 bridgehead atoms. The van der Waals surface area contributed by atoms with Gasteiger partial charge in [0.25, 0.3) is 11.5 Å². The number of benzene rings is 1. The van der Waals surface area contributed by atoms with Crippen molar-refractivity contribution in [3.63, 3.8) is 0 Å². The van der Waals surface area contributed by atoms with Crippen LogP contribution in [0.2, 0.25) is 0 Å². The quantitative estimate of drug-likeness (QED) is 0.690. The van der Waals surface area contributed by atoms with Gasteiger partial charge in [0.2, 0.25) is 0 Å². The first kappa shape index (κ1) is 20.3. The Balaban J connectivity index is 1.27. The maximum absolute atomic E-state index is 12.6. The molecule has 0 aliphatic carbocycles. The zero-order valence-corrected chi connectivity index (χ0v) is 18.4. The highest BCUT2D eigenvalue weighted by Gasteiger charge is 2.34. The van der Waals surface area contributed by atoms with Crippen LogP contribution in [-0.2, 0) is 6.54 Å². The normalized spacial score (nSPS) is 19.2. The largest absolute Gasteiger partial charge is 0.378 e. The molecule has 32 heavy (non-hydrogen) atoms. The van der Waals surface area contributed by atoms with Crippen molar-refractivity contribution in [3.8, 4) is 0 Å². The summed E-state index contributed by atoms with van der Waals surface area (Å²) in [6, 6.07) is 16.9. The summed E-state index contributed by atoms with van der Waals surface area (Å²) < 4.78 is 1.94. The van der Waals surface area contributed by atoms with Crippen molar-refractivity contribution in [1.29, 1.82) is 0 Å². The SMILES string of the molecule is CN(C)c1ccc(C(=O)Nc2ccc(N3CC4CC(C3)c3cccc(=O)n3C4)nc2)cc1. The topological polar surface area (TPSA) is 70.5 Å². The maximum atomic E-state index is 12.6. The van der Waals surface area contributed by atoms with E-state index in [0.29, 0.717) is 23.1 Å². The van der Waals surface area contributed by atoms with Gasteiger partial charge in [0.05, 0.1) is 11.9 Å². The van der Waals surface area contributed by atoms with E-state index < -0.39 is 0 Å². The molecule has 2 unspecified atom stereocenters. The van der Waals surface area contributed by atoms with Crippen LogP contribution < -0.4 is 20.7 Å². The van der Waals surface area contributed by atoms with E-state index in [1.807, 2.05) is 66.0 Å². The highest BCUT2D eigenvalue weighted by molar-refractivity contribution is 6.04. The van der Waals surface area contributed by atoms with Gasteiger partial charge in [0, 0.05) is 62.7 Å². The Morgan fingerprint density at radius 2 is 1.84 bits per heavy atom. The van der Waals surface area contributed by atoms with Gasteiger partial charge in [0.1, 0.15) is 5.82 Å². The molecule has 1 fully saturated rings. The standard InChI is InChI=1S/C25H27N5O2/c1-28(2)21-9-6-18(7-10-21)25(32)27-20-8-11-23(26-13-20)29-14-17-12-19(16-29)22-4-3-5-24(31)30(22)15-17/h3-11,13,17,19H,12,14-16H2,1-2H3,(H,27,32). The molecule has 1 amide bonds. The first-order valence-electron chi connectivity index (χ1n) is 11.0. The number of piperidine rings is 1. The lowest BCUT2D eigenvalue weighted by molar-refractivity contribution is 0.102. The van der Waals surface area contributed by atoms with E-state index in [0.717, 1.165) is 43.3 Å². The van der Waals surface area contributed by atoms with Crippen LogP contribution in [0.1, 0.15) is 28.4 Å². The van der Waals surface area contributed by atoms with Crippen LogP contribution in [0, 0.1) is 5.92 Å². The number of nitrogens with zero attached hydrogens (tertiary/aromatic N) is 4.